The average molecular weight is 264 g/mol. The fourth-order valence-corrected chi connectivity index (χ4v) is 1.94. The van der Waals surface area contributed by atoms with Crippen LogP contribution in [0, 0.1) is 0 Å². The third-order valence-corrected chi connectivity index (χ3v) is 2.97. The largest absolute Gasteiger partial charge is 0.508 e. The summed E-state index contributed by atoms with van der Waals surface area (Å²) < 4.78 is 0. The summed E-state index contributed by atoms with van der Waals surface area (Å²) in [5.74, 6) is 0.0163. The number of fused-ring (bicyclic) bond motifs is 1. The van der Waals surface area contributed by atoms with Gasteiger partial charge < -0.3 is 10.2 Å². The van der Waals surface area contributed by atoms with Gasteiger partial charge >= 0.3 is 0 Å². The standard InChI is InChI=1S/C16H12N2O2/c19-14-7-8-16(20)15(10-14)18-17-13-6-5-11-3-1-2-4-12(11)9-13/h1-10,19-20H. The summed E-state index contributed by atoms with van der Waals surface area (Å²) in [5, 5.41) is 29.2. The maximum atomic E-state index is 9.62. The Labute approximate surface area is 115 Å². The zero-order chi connectivity index (χ0) is 13.9. The first-order chi connectivity index (χ1) is 9.72. The van der Waals surface area contributed by atoms with E-state index >= 15 is 0 Å². The van der Waals surface area contributed by atoms with Crippen molar-refractivity contribution in [3.63, 3.8) is 0 Å². The molecule has 0 aliphatic rings. The second kappa shape index (κ2) is 5.01. The van der Waals surface area contributed by atoms with E-state index in [1.165, 1.54) is 18.2 Å². The first kappa shape index (κ1) is 12.2. The molecule has 0 saturated carbocycles. The van der Waals surface area contributed by atoms with Gasteiger partial charge in [-0.05, 0) is 35.0 Å². The van der Waals surface area contributed by atoms with Crippen molar-refractivity contribution in [1.29, 1.82) is 0 Å². The predicted octanol–water partition coefficient (Wildman–Crippen LogP) is 4.67. The SMILES string of the molecule is Oc1ccc(O)c(N=Nc2ccc3ccccc3c2)c1. The molecule has 2 N–H and O–H groups in total. The fraction of sp³-hybridized carbons (Fsp3) is 0. The Balaban J connectivity index is 1.96. The van der Waals surface area contributed by atoms with Crippen LogP contribution in [-0.2, 0) is 0 Å². The Bertz CT molecular complexity index is 797. The molecule has 0 heterocycles. The van der Waals surface area contributed by atoms with Crippen LogP contribution in [0.4, 0.5) is 11.4 Å². The molecule has 98 valence electrons. The number of azo groups is 1. The maximum absolute atomic E-state index is 9.62. The minimum absolute atomic E-state index is 0.0210. The highest BCUT2D eigenvalue weighted by Gasteiger charge is 2.01. The molecule has 0 radical (unpaired) electrons. The molecule has 0 aliphatic carbocycles. The van der Waals surface area contributed by atoms with Crippen molar-refractivity contribution in [3.8, 4) is 11.5 Å². The van der Waals surface area contributed by atoms with E-state index in [9.17, 15) is 10.2 Å². The van der Waals surface area contributed by atoms with Gasteiger partial charge in [-0.15, -0.1) is 5.11 Å². The molecule has 0 amide bonds. The molecular formula is C16H12N2O2. The molecule has 0 bridgehead atoms. The van der Waals surface area contributed by atoms with Crippen molar-refractivity contribution < 1.29 is 10.2 Å². The van der Waals surface area contributed by atoms with E-state index in [2.05, 4.69) is 10.2 Å². The van der Waals surface area contributed by atoms with Crippen LogP contribution >= 0.6 is 0 Å². The highest BCUT2D eigenvalue weighted by atomic mass is 16.3. The lowest BCUT2D eigenvalue weighted by Crippen LogP contribution is -1.71. The van der Waals surface area contributed by atoms with E-state index < -0.39 is 0 Å². The van der Waals surface area contributed by atoms with Crippen molar-refractivity contribution >= 4 is 22.1 Å². The summed E-state index contributed by atoms with van der Waals surface area (Å²) >= 11 is 0. The van der Waals surface area contributed by atoms with Crippen molar-refractivity contribution in [2.75, 3.05) is 0 Å². The number of nitrogens with zero attached hydrogens (tertiary/aromatic N) is 2. The Hall–Kier alpha value is -2.88. The van der Waals surface area contributed by atoms with Crippen molar-refractivity contribution in [1.82, 2.24) is 0 Å². The van der Waals surface area contributed by atoms with Gasteiger partial charge in [0.15, 0.2) is 0 Å². The van der Waals surface area contributed by atoms with Crippen molar-refractivity contribution in [2.45, 2.75) is 0 Å². The van der Waals surface area contributed by atoms with Crippen LogP contribution in [0.25, 0.3) is 10.8 Å². The number of aromatic hydroxyl groups is 2. The Morgan fingerprint density at radius 1 is 0.700 bits per heavy atom. The molecular weight excluding hydrogens is 252 g/mol. The molecule has 0 aromatic heterocycles. The Morgan fingerprint density at radius 2 is 1.50 bits per heavy atom. The van der Waals surface area contributed by atoms with Gasteiger partial charge in [0.25, 0.3) is 0 Å². The average Bonchev–Trinajstić information content (AvgIpc) is 2.48. The molecule has 3 aromatic rings. The predicted molar refractivity (Wildman–Crippen MR) is 77.9 cm³/mol. The first-order valence-electron chi connectivity index (χ1n) is 6.15. The third kappa shape index (κ3) is 2.44. The van der Waals surface area contributed by atoms with Crippen LogP contribution in [0.2, 0.25) is 0 Å². The molecule has 3 aromatic carbocycles. The number of hydrogen-bond acceptors (Lipinski definition) is 4. The summed E-state index contributed by atoms with van der Waals surface area (Å²) in [5.41, 5.74) is 0.921. The molecule has 0 fully saturated rings. The maximum Gasteiger partial charge on any atom is 0.143 e. The summed E-state index contributed by atoms with van der Waals surface area (Å²) in [6.45, 7) is 0. The molecule has 0 aliphatic heterocycles. The zero-order valence-electron chi connectivity index (χ0n) is 10.6. The molecule has 4 nitrogen and oxygen atoms in total. The lowest BCUT2D eigenvalue weighted by molar-refractivity contribution is 0.461. The number of phenolic OH excluding ortho intramolecular Hbond substituents is 2. The topological polar surface area (TPSA) is 65.2 Å². The van der Waals surface area contributed by atoms with Gasteiger partial charge in [-0.3, -0.25) is 0 Å². The highest BCUT2D eigenvalue weighted by Crippen LogP contribution is 2.31. The van der Waals surface area contributed by atoms with Crippen molar-refractivity contribution in [2.24, 2.45) is 10.2 Å². The normalized spacial score (nSPS) is 11.2. The van der Waals surface area contributed by atoms with Gasteiger partial charge in [0.1, 0.15) is 17.2 Å². The molecule has 0 unspecified atom stereocenters. The highest BCUT2D eigenvalue weighted by molar-refractivity contribution is 5.85. The quantitative estimate of drug-likeness (QED) is 0.522. The molecule has 0 spiro atoms. The van der Waals surface area contributed by atoms with Crippen LogP contribution in [0.15, 0.2) is 70.9 Å². The summed E-state index contributed by atoms with van der Waals surface area (Å²) in [6, 6.07) is 17.8. The number of rotatable bonds is 2. The zero-order valence-corrected chi connectivity index (χ0v) is 10.6. The van der Waals surface area contributed by atoms with Crippen LogP contribution in [0.1, 0.15) is 0 Å². The van der Waals surface area contributed by atoms with E-state index in [0.717, 1.165) is 10.8 Å². The van der Waals surface area contributed by atoms with E-state index in [0.29, 0.717) is 5.69 Å². The minimum atomic E-state index is -0.0210. The number of benzene rings is 3. The van der Waals surface area contributed by atoms with Gasteiger partial charge in [0.05, 0.1) is 5.69 Å². The van der Waals surface area contributed by atoms with Crippen LogP contribution < -0.4 is 0 Å². The lowest BCUT2D eigenvalue weighted by Gasteiger charge is -2.00. The van der Waals surface area contributed by atoms with Crippen LogP contribution in [-0.4, -0.2) is 10.2 Å². The summed E-state index contributed by atoms with van der Waals surface area (Å²) in [4.78, 5) is 0. The second-order valence-electron chi connectivity index (χ2n) is 4.40. The second-order valence-corrected chi connectivity index (χ2v) is 4.40. The number of phenols is 2. The molecule has 20 heavy (non-hydrogen) atoms. The van der Waals surface area contributed by atoms with E-state index in [1.54, 1.807) is 0 Å². The van der Waals surface area contributed by atoms with Gasteiger partial charge in [-0.1, -0.05) is 30.3 Å². The summed E-state index contributed by atoms with van der Waals surface area (Å²) in [6.07, 6.45) is 0. The van der Waals surface area contributed by atoms with Gasteiger partial charge in [-0.2, -0.15) is 5.11 Å². The first-order valence-corrected chi connectivity index (χ1v) is 6.15. The van der Waals surface area contributed by atoms with Crippen LogP contribution in [0.3, 0.4) is 0 Å². The Morgan fingerprint density at radius 3 is 2.35 bits per heavy atom. The molecule has 4 heteroatoms. The third-order valence-electron chi connectivity index (χ3n) is 2.97. The van der Waals surface area contributed by atoms with E-state index in [1.807, 2.05) is 42.5 Å². The van der Waals surface area contributed by atoms with Gasteiger partial charge in [0, 0.05) is 6.07 Å². The fourth-order valence-electron chi connectivity index (χ4n) is 1.94. The van der Waals surface area contributed by atoms with E-state index in [-0.39, 0.29) is 17.2 Å². The summed E-state index contributed by atoms with van der Waals surface area (Å²) in [7, 11) is 0. The van der Waals surface area contributed by atoms with E-state index in [4.69, 9.17) is 0 Å². The van der Waals surface area contributed by atoms with Crippen LogP contribution in [0.5, 0.6) is 11.5 Å². The minimum Gasteiger partial charge on any atom is -0.508 e. The smallest absolute Gasteiger partial charge is 0.143 e. The van der Waals surface area contributed by atoms with Gasteiger partial charge in [0.2, 0.25) is 0 Å². The van der Waals surface area contributed by atoms with Gasteiger partial charge in [-0.25, -0.2) is 0 Å². The van der Waals surface area contributed by atoms with Crippen molar-refractivity contribution in [3.05, 3.63) is 60.7 Å². The lowest BCUT2D eigenvalue weighted by atomic mass is 10.1. The Kier molecular flexibility index (Phi) is 3.05. The molecule has 0 saturated heterocycles. The molecule has 3 rings (SSSR count). The molecule has 0 atom stereocenters. The number of hydrogen-bond donors (Lipinski definition) is 2. The monoisotopic (exact) mass is 264 g/mol.